The zero-order chi connectivity index (χ0) is 11.3. The van der Waals surface area contributed by atoms with E-state index in [0.717, 1.165) is 11.1 Å². The van der Waals surface area contributed by atoms with E-state index in [1.54, 1.807) is 0 Å². The highest BCUT2D eigenvalue weighted by atomic mass is 16.3. The molecule has 1 aromatic rings. The van der Waals surface area contributed by atoms with Gasteiger partial charge in [-0.15, -0.1) is 0 Å². The predicted molar refractivity (Wildman–Crippen MR) is 58.1 cm³/mol. The van der Waals surface area contributed by atoms with E-state index in [4.69, 9.17) is 10.8 Å². The van der Waals surface area contributed by atoms with Crippen LogP contribution in [0.2, 0.25) is 0 Å². The summed E-state index contributed by atoms with van der Waals surface area (Å²) in [6.07, 6.45) is -1.12. The van der Waals surface area contributed by atoms with Crippen LogP contribution in [0.1, 0.15) is 11.1 Å². The highest BCUT2D eigenvalue weighted by Gasteiger charge is 2.11. The molecule has 82 valence electrons. The molecular formula is C11H16N2O2. The summed E-state index contributed by atoms with van der Waals surface area (Å²) < 4.78 is 0. The molecule has 0 heterocycles. The Bertz CT molecular complexity index is 339. The molecule has 0 aliphatic carbocycles. The van der Waals surface area contributed by atoms with Crippen LogP contribution in [0.15, 0.2) is 24.3 Å². The van der Waals surface area contributed by atoms with Crippen LogP contribution in [0.4, 0.5) is 0 Å². The Balaban J connectivity index is 2.47. The van der Waals surface area contributed by atoms with Gasteiger partial charge in [-0.05, 0) is 12.5 Å². The van der Waals surface area contributed by atoms with Gasteiger partial charge in [0.05, 0.1) is 0 Å². The highest BCUT2D eigenvalue weighted by Crippen LogP contribution is 2.03. The fourth-order valence-electron chi connectivity index (χ4n) is 1.24. The average molecular weight is 208 g/mol. The van der Waals surface area contributed by atoms with Gasteiger partial charge in [-0.1, -0.05) is 29.8 Å². The zero-order valence-corrected chi connectivity index (χ0v) is 8.73. The molecular weight excluding hydrogens is 192 g/mol. The Morgan fingerprint density at radius 3 is 2.93 bits per heavy atom. The monoisotopic (exact) mass is 208 g/mol. The van der Waals surface area contributed by atoms with Crippen molar-refractivity contribution in [1.82, 2.24) is 5.32 Å². The topological polar surface area (TPSA) is 75.3 Å². The van der Waals surface area contributed by atoms with E-state index in [1.807, 2.05) is 31.2 Å². The summed E-state index contributed by atoms with van der Waals surface area (Å²) in [5, 5.41) is 11.7. The van der Waals surface area contributed by atoms with Crippen LogP contribution in [0.25, 0.3) is 0 Å². The normalized spacial score (nSPS) is 12.2. The quantitative estimate of drug-likeness (QED) is 0.648. The van der Waals surface area contributed by atoms with E-state index in [-0.39, 0.29) is 6.54 Å². The van der Waals surface area contributed by atoms with Gasteiger partial charge in [0.1, 0.15) is 6.10 Å². The molecule has 4 N–H and O–H groups in total. The minimum Gasteiger partial charge on any atom is -0.382 e. The average Bonchev–Trinajstić information content (AvgIpc) is 2.25. The van der Waals surface area contributed by atoms with Crippen LogP contribution in [0.3, 0.4) is 0 Å². The van der Waals surface area contributed by atoms with E-state index in [1.165, 1.54) is 0 Å². The minimum atomic E-state index is -1.12. The summed E-state index contributed by atoms with van der Waals surface area (Å²) in [6, 6.07) is 7.81. The van der Waals surface area contributed by atoms with Crippen molar-refractivity contribution < 1.29 is 9.90 Å². The Hall–Kier alpha value is -1.39. The summed E-state index contributed by atoms with van der Waals surface area (Å²) in [5.74, 6) is -0.431. The molecule has 0 saturated carbocycles. The number of hydrogen-bond donors (Lipinski definition) is 3. The van der Waals surface area contributed by atoms with Gasteiger partial charge in [0.25, 0.3) is 0 Å². The second-order valence-corrected chi connectivity index (χ2v) is 3.46. The van der Waals surface area contributed by atoms with Crippen molar-refractivity contribution in [3.05, 3.63) is 35.4 Å². The molecule has 0 aliphatic heterocycles. The van der Waals surface area contributed by atoms with E-state index >= 15 is 0 Å². The van der Waals surface area contributed by atoms with Crippen molar-refractivity contribution in [3.8, 4) is 0 Å². The van der Waals surface area contributed by atoms with Crippen LogP contribution < -0.4 is 11.1 Å². The van der Waals surface area contributed by atoms with Gasteiger partial charge in [-0.3, -0.25) is 4.79 Å². The molecule has 1 unspecified atom stereocenters. The third kappa shape index (κ3) is 3.69. The van der Waals surface area contributed by atoms with E-state index in [9.17, 15) is 4.79 Å². The molecule has 1 amide bonds. The van der Waals surface area contributed by atoms with Crippen molar-refractivity contribution in [2.75, 3.05) is 6.54 Å². The molecule has 4 heteroatoms. The van der Waals surface area contributed by atoms with Crippen molar-refractivity contribution >= 4 is 5.91 Å². The number of nitrogens with two attached hydrogens (primary N) is 1. The number of hydrogen-bond acceptors (Lipinski definition) is 3. The van der Waals surface area contributed by atoms with E-state index in [2.05, 4.69) is 5.32 Å². The number of nitrogens with one attached hydrogen (secondary N) is 1. The predicted octanol–water partition coefficient (Wildman–Crippen LogP) is -0.0692. The Morgan fingerprint density at radius 2 is 2.33 bits per heavy atom. The van der Waals surface area contributed by atoms with E-state index < -0.39 is 12.0 Å². The molecule has 1 atom stereocenters. The van der Waals surface area contributed by atoms with Gasteiger partial charge >= 0.3 is 0 Å². The van der Waals surface area contributed by atoms with Crippen LogP contribution in [0.5, 0.6) is 0 Å². The molecule has 1 aromatic carbocycles. The summed E-state index contributed by atoms with van der Waals surface area (Å²) in [6.45, 7) is 2.34. The van der Waals surface area contributed by atoms with Gasteiger partial charge in [0.15, 0.2) is 0 Å². The van der Waals surface area contributed by atoms with Crippen molar-refractivity contribution in [1.29, 1.82) is 0 Å². The Labute approximate surface area is 89.1 Å². The first-order chi connectivity index (χ1) is 7.13. The molecule has 1 rings (SSSR count). The van der Waals surface area contributed by atoms with Gasteiger partial charge in [0.2, 0.25) is 5.91 Å². The summed E-state index contributed by atoms with van der Waals surface area (Å²) in [7, 11) is 0. The zero-order valence-electron chi connectivity index (χ0n) is 8.73. The van der Waals surface area contributed by atoms with Crippen LogP contribution >= 0.6 is 0 Å². The molecule has 0 saturated heterocycles. The second kappa shape index (κ2) is 5.48. The van der Waals surface area contributed by atoms with Crippen molar-refractivity contribution in [2.45, 2.75) is 19.6 Å². The highest BCUT2D eigenvalue weighted by molar-refractivity contribution is 5.80. The first-order valence-electron chi connectivity index (χ1n) is 4.85. The number of aryl methyl sites for hydroxylation is 1. The molecule has 0 radical (unpaired) electrons. The Morgan fingerprint density at radius 1 is 1.60 bits per heavy atom. The standard InChI is InChI=1S/C11H16N2O2/c1-8-3-2-4-9(5-8)7-13-11(15)10(14)6-12/h2-5,10,14H,6-7,12H2,1H3,(H,13,15). The molecule has 0 bridgehead atoms. The lowest BCUT2D eigenvalue weighted by Gasteiger charge is -2.09. The molecule has 15 heavy (non-hydrogen) atoms. The SMILES string of the molecule is Cc1cccc(CNC(=O)C(O)CN)c1. The third-order valence-electron chi connectivity index (χ3n) is 2.08. The smallest absolute Gasteiger partial charge is 0.250 e. The second-order valence-electron chi connectivity index (χ2n) is 3.46. The summed E-state index contributed by atoms with van der Waals surface area (Å²) in [4.78, 5) is 11.2. The maximum absolute atomic E-state index is 11.2. The lowest BCUT2D eigenvalue weighted by molar-refractivity contribution is -0.128. The Kier molecular flexibility index (Phi) is 4.27. The number of aliphatic hydroxyl groups is 1. The molecule has 0 fully saturated rings. The van der Waals surface area contributed by atoms with E-state index in [0.29, 0.717) is 6.54 Å². The molecule has 0 spiro atoms. The minimum absolute atomic E-state index is 0.0559. The lowest BCUT2D eigenvalue weighted by atomic mass is 10.1. The fraction of sp³-hybridized carbons (Fsp3) is 0.364. The maximum Gasteiger partial charge on any atom is 0.250 e. The number of benzene rings is 1. The molecule has 0 aliphatic rings. The lowest BCUT2D eigenvalue weighted by Crippen LogP contribution is -2.38. The number of carbonyl (C=O) groups is 1. The van der Waals surface area contributed by atoms with Crippen LogP contribution in [0, 0.1) is 6.92 Å². The number of rotatable bonds is 4. The number of carbonyl (C=O) groups excluding carboxylic acids is 1. The maximum atomic E-state index is 11.2. The van der Waals surface area contributed by atoms with Gasteiger partial charge in [-0.25, -0.2) is 0 Å². The first-order valence-corrected chi connectivity index (χ1v) is 4.85. The molecule has 0 aromatic heterocycles. The largest absolute Gasteiger partial charge is 0.382 e. The van der Waals surface area contributed by atoms with Crippen molar-refractivity contribution in [3.63, 3.8) is 0 Å². The summed E-state index contributed by atoms with van der Waals surface area (Å²) in [5.41, 5.74) is 7.30. The molecule has 4 nitrogen and oxygen atoms in total. The van der Waals surface area contributed by atoms with Crippen LogP contribution in [-0.4, -0.2) is 23.7 Å². The summed E-state index contributed by atoms with van der Waals surface area (Å²) >= 11 is 0. The van der Waals surface area contributed by atoms with Gasteiger partial charge < -0.3 is 16.2 Å². The number of amides is 1. The van der Waals surface area contributed by atoms with Crippen LogP contribution in [-0.2, 0) is 11.3 Å². The van der Waals surface area contributed by atoms with Crippen molar-refractivity contribution in [2.24, 2.45) is 5.73 Å². The third-order valence-corrected chi connectivity index (χ3v) is 2.08. The van der Waals surface area contributed by atoms with Gasteiger partial charge in [-0.2, -0.15) is 0 Å². The number of aliphatic hydroxyl groups excluding tert-OH is 1. The fourth-order valence-corrected chi connectivity index (χ4v) is 1.24. The first kappa shape index (κ1) is 11.7. The van der Waals surface area contributed by atoms with Gasteiger partial charge in [0, 0.05) is 13.1 Å².